The molecule has 0 aliphatic carbocycles. The normalized spacial score (nSPS) is 14.6. The van der Waals surface area contributed by atoms with Gasteiger partial charge in [0.15, 0.2) is 0 Å². The average Bonchev–Trinajstić information content (AvgIpc) is 3.39. The van der Waals surface area contributed by atoms with Crippen LogP contribution in [0, 0.1) is 0 Å². The number of furan rings is 1. The number of carboxylic acids is 1. The molecule has 1 aromatic heterocycles. The Labute approximate surface area is 195 Å². The summed E-state index contributed by atoms with van der Waals surface area (Å²) in [6.45, 7) is 5.26. The standard InChI is InChI=1S/C26H22N2O6/c1-15(2)33-26(32)19-8-4-6-17(12-19)23-11-10-21(34-23)14-22-16(3)27-28(24(22)29)20-9-5-7-18(13-20)25(30)31/h4-15H,1-3H3,(H,30,31)/b22-14-. The van der Waals surface area contributed by atoms with Crippen LogP contribution in [0.1, 0.15) is 47.2 Å². The summed E-state index contributed by atoms with van der Waals surface area (Å²) in [6.07, 6.45) is 1.36. The highest BCUT2D eigenvalue weighted by atomic mass is 16.5. The molecule has 1 aliphatic rings. The number of rotatable bonds is 6. The van der Waals surface area contributed by atoms with E-state index in [0.29, 0.717) is 39.6 Å². The molecule has 3 aromatic rings. The molecule has 8 nitrogen and oxygen atoms in total. The van der Waals surface area contributed by atoms with Crippen LogP contribution in [-0.4, -0.2) is 34.8 Å². The van der Waals surface area contributed by atoms with E-state index in [0.717, 1.165) is 0 Å². The summed E-state index contributed by atoms with van der Waals surface area (Å²) >= 11 is 0. The van der Waals surface area contributed by atoms with Gasteiger partial charge in [-0.2, -0.15) is 10.1 Å². The van der Waals surface area contributed by atoms with Crippen LogP contribution in [0.4, 0.5) is 5.69 Å². The van der Waals surface area contributed by atoms with E-state index >= 15 is 0 Å². The van der Waals surface area contributed by atoms with E-state index in [-0.39, 0.29) is 11.7 Å². The van der Waals surface area contributed by atoms with Crippen LogP contribution >= 0.6 is 0 Å². The second kappa shape index (κ2) is 9.19. The topological polar surface area (TPSA) is 109 Å². The molecule has 0 unspecified atom stereocenters. The monoisotopic (exact) mass is 458 g/mol. The Kier molecular flexibility index (Phi) is 6.14. The highest BCUT2D eigenvalue weighted by Gasteiger charge is 2.29. The molecule has 2 heterocycles. The number of anilines is 1. The number of ether oxygens (including phenoxy) is 1. The van der Waals surface area contributed by atoms with Gasteiger partial charge in [0.05, 0.1) is 34.2 Å². The largest absolute Gasteiger partial charge is 0.478 e. The number of hydrogen-bond donors (Lipinski definition) is 1. The van der Waals surface area contributed by atoms with Crippen molar-refractivity contribution in [3.63, 3.8) is 0 Å². The van der Waals surface area contributed by atoms with Gasteiger partial charge in [0.2, 0.25) is 0 Å². The highest BCUT2D eigenvalue weighted by molar-refractivity contribution is 6.32. The van der Waals surface area contributed by atoms with Gasteiger partial charge < -0.3 is 14.3 Å². The Balaban J connectivity index is 1.58. The van der Waals surface area contributed by atoms with E-state index in [1.807, 2.05) is 6.07 Å². The maximum Gasteiger partial charge on any atom is 0.338 e. The van der Waals surface area contributed by atoms with Gasteiger partial charge in [0, 0.05) is 5.56 Å². The second-order valence-electron chi connectivity index (χ2n) is 7.95. The molecule has 0 bridgehead atoms. The van der Waals surface area contributed by atoms with Crippen molar-refractivity contribution in [2.45, 2.75) is 26.9 Å². The molecule has 2 aromatic carbocycles. The molecule has 1 N–H and O–H groups in total. The van der Waals surface area contributed by atoms with Crippen molar-refractivity contribution in [3.8, 4) is 11.3 Å². The minimum atomic E-state index is -1.09. The van der Waals surface area contributed by atoms with E-state index < -0.39 is 17.8 Å². The molecular formula is C26H22N2O6. The summed E-state index contributed by atoms with van der Waals surface area (Å²) in [7, 11) is 0. The first-order valence-electron chi connectivity index (χ1n) is 10.6. The van der Waals surface area contributed by atoms with E-state index in [4.69, 9.17) is 9.15 Å². The van der Waals surface area contributed by atoms with Gasteiger partial charge in [-0.15, -0.1) is 0 Å². The molecule has 0 saturated carbocycles. The number of carboxylic acid groups (broad SMARTS) is 1. The Morgan fingerprint density at radius 2 is 1.79 bits per heavy atom. The molecule has 172 valence electrons. The van der Waals surface area contributed by atoms with E-state index in [1.165, 1.54) is 17.1 Å². The molecule has 8 heteroatoms. The number of benzene rings is 2. The van der Waals surface area contributed by atoms with Gasteiger partial charge in [-0.05, 0) is 69.3 Å². The van der Waals surface area contributed by atoms with E-state index in [2.05, 4.69) is 5.10 Å². The lowest BCUT2D eigenvalue weighted by Crippen LogP contribution is -2.21. The van der Waals surface area contributed by atoms with E-state index in [1.54, 1.807) is 69.3 Å². The first-order chi connectivity index (χ1) is 16.2. The number of aromatic carboxylic acids is 1. The predicted octanol–water partition coefficient (Wildman–Crippen LogP) is 5.02. The fraction of sp³-hybridized carbons (Fsp3) is 0.154. The third-order valence-corrected chi connectivity index (χ3v) is 5.04. The molecular weight excluding hydrogens is 436 g/mol. The zero-order valence-corrected chi connectivity index (χ0v) is 18.8. The second-order valence-corrected chi connectivity index (χ2v) is 7.95. The number of amides is 1. The van der Waals surface area contributed by atoms with Crippen LogP contribution in [0.3, 0.4) is 0 Å². The molecule has 0 saturated heterocycles. The number of carbonyl (C=O) groups is 3. The van der Waals surface area contributed by atoms with Crippen LogP contribution in [0.2, 0.25) is 0 Å². The van der Waals surface area contributed by atoms with Crippen LogP contribution in [0.15, 0.2) is 75.8 Å². The smallest absolute Gasteiger partial charge is 0.338 e. The Hall–Kier alpha value is -4.46. The van der Waals surface area contributed by atoms with Gasteiger partial charge in [-0.25, -0.2) is 9.59 Å². The zero-order chi connectivity index (χ0) is 24.4. The molecule has 1 aliphatic heterocycles. The molecule has 4 rings (SSSR count). The lowest BCUT2D eigenvalue weighted by Gasteiger charge is -2.12. The average molecular weight is 458 g/mol. The number of esters is 1. The first-order valence-corrected chi connectivity index (χ1v) is 10.6. The summed E-state index contributed by atoms with van der Waals surface area (Å²) in [5.74, 6) is -0.937. The quantitative estimate of drug-likeness (QED) is 0.410. The Bertz CT molecular complexity index is 1350. The lowest BCUT2D eigenvalue weighted by molar-refractivity contribution is -0.114. The lowest BCUT2D eigenvalue weighted by atomic mass is 10.1. The SMILES string of the molecule is CC1=NN(c2cccc(C(=O)O)c2)C(=O)/C1=C\c1ccc(-c2cccc(C(=O)OC(C)C)c2)o1. The number of carbonyl (C=O) groups excluding carboxylic acids is 2. The fourth-order valence-electron chi connectivity index (χ4n) is 3.44. The maximum atomic E-state index is 13.0. The molecule has 0 atom stereocenters. The molecule has 0 fully saturated rings. The summed E-state index contributed by atoms with van der Waals surface area (Å²) in [5, 5.41) is 14.7. The predicted molar refractivity (Wildman–Crippen MR) is 127 cm³/mol. The summed E-state index contributed by atoms with van der Waals surface area (Å²) in [4.78, 5) is 36.4. The van der Waals surface area contributed by atoms with Crippen molar-refractivity contribution in [3.05, 3.63) is 83.1 Å². The molecule has 0 spiro atoms. The summed E-state index contributed by atoms with van der Waals surface area (Å²) in [5.41, 5.74) is 2.33. The maximum absolute atomic E-state index is 13.0. The van der Waals surface area contributed by atoms with Gasteiger partial charge >= 0.3 is 11.9 Å². The third kappa shape index (κ3) is 4.66. The van der Waals surface area contributed by atoms with Crippen LogP contribution in [-0.2, 0) is 9.53 Å². The van der Waals surface area contributed by atoms with Crippen molar-refractivity contribution in [2.75, 3.05) is 5.01 Å². The Morgan fingerprint density at radius 3 is 2.53 bits per heavy atom. The van der Waals surface area contributed by atoms with Crippen LogP contribution < -0.4 is 5.01 Å². The fourth-order valence-corrected chi connectivity index (χ4v) is 3.44. The van der Waals surface area contributed by atoms with Gasteiger partial charge in [0.25, 0.3) is 5.91 Å². The van der Waals surface area contributed by atoms with Gasteiger partial charge in [-0.1, -0.05) is 18.2 Å². The summed E-state index contributed by atoms with van der Waals surface area (Å²) < 4.78 is 11.1. The number of nitrogens with zero attached hydrogens (tertiary/aromatic N) is 2. The zero-order valence-electron chi connectivity index (χ0n) is 18.8. The van der Waals surface area contributed by atoms with Crippen LogP contribution in [0.25, 0.3) is 17.4 Å². The summed E-state index contributed by atoms with van der Waals surface area (Å²) in [6, 6.07) is 16.4. The Morgan fingerprint density at radius 1 is 1.06 bits per heavy atom. The number of hydrazone groups is 1. The van der Waals surface area contributed by atoms with Crippen molar-refractivity contribution in [1.82, 2.24) is 0 Å². The van der Waals surface area contributed by atoms with Gasteiger partial charge in [0.1, 0.15) is 11.5 Å². The molecule has 1 amide bonds. The third-order valence-electron chi connectivity index (χ3n) is 5.04. The van der Waals surface area contributed by atoms with Gasteiger partial charge in [-0.3, -0.25) is 4.79 Å². The van der Waals surface area contributed by atoms with Crippen molar-refractivity contribution in [1.29, 1.82) is 0 Å². The molecule has 0 radical (unpaired) electrons. The number of hydrogen-bond acceptors (Lipinski definition) is 6. The first kappa shape index (κ1) is 22.7. The van der Waals surface area contributed by atoms with E-state index in [9.17, 15) is 19.5 Å². The molecule has 34 heavy (non-hydrogen) atoms. The van der Waals surface area contributed by atoms with Crippen molar-refractivity contribution in [2.24, 2.45) is 5.10 Å². The van der Waals surface area contributed by atoms with Crippen molar-refractivity contribution < 1.29 is 28.6 Å². The minimum Gasteiger partial charge on any atom is -0.478 e. The highest BCUT2D eigenvalue weighted by Crippen LogP contribution is 2.28. The van der Waals surface area contributed by atoms with Crippen molar-refractivity contribution >= 4 is 35.3 Å². The van der Waals surface area contributed by atoms with Crippen LogP contribution in [0.5, 0.6) is 0 Å². The minimum absolute atomic E-state index is 0.0609.